The summed E-state index contributed by atoms with van der Waals surface area (Å²) in [6.07, 6.45) is 3.03. The molecule has 5 aromatic rings. The number of H-pyrrole nitrogens is 1. The van der Waals surface area contributed by atoms with E-state index in [-0.39, 0.29) is 5.56 Å². The number of hydrogen-bond acceptors (Lipinski definition) is 5. The molecule has 2 aromatic heterocycles. The fourth-order valence-corrected chi connectivity index (χ4v) is 4.01. The van der Waals surface area contributed by atoms with Crippen LogP contribution in [0.25, 0.3) is 22.0 Å². The second-order valence-corrected chi connectivity index (χ2v) is 8.31. The number of aromatic nitrogens is 2. The Hall–Kier alpha value is -4.98. The number of anilines is 1. The molecule has 37 heavy (non-hydrogen) atoms. The number of pyridine rings is 2. The van der Waals surface area contributed by atoms with Crippen LogP contribution in [0, 0.1) is 12.7 Å². The van der Waals surface area contributed by atoms with Gasteiger partial charge in [-0.3, -0.25) is 14.6 Å². The number of carbonyl (C=O) groups is 1. The molecule has 1 amide bonds. The number of benzene rings is 3. The molecule has 0 saturated heterocycles. The van der Waals surface area contributed by atoms with E-state index in [2.05, 4.69) is 15.3 Å². The molecule has 0 aliphatic heterocycles. The lowest BCUT2D eigenvalue weighted by Gasteiger charge is -2.11. The molecule has 8 heteroatoms. The Morgan fingerprint density at radius 3 is 2.43 bits per heavy atom. The van der Waals surface area contributed by atoms with Crippen LogP contribution >= 0.6 is 0 Å². The minimum Gasteiger partial charge on any atom is -0.497 e. The summed E-state index contributed by atoms with van der Waals surface area (Å²) in [4.78, 5) is 33.3. The average Bonchev–Trinajstić information content (AvgIpc) is 2.90. The summed E-state index contributed by atoms with van der Waals surface area (Å²) in [5, 5.41) is 3.57. The molecule has 2 N–H and O–H groups in total. The van der Waals surface area contributed by atoms with Crippen molar-refractivity contribution in [2.45, 2.75) is 6.92 Å². The Labute approximate surface area is 211 Å². The smallest absolute Gasteiger partial charge is 0.261 e. The van der Waals surface area contributed by atoms with Crippen molar-refractivity contribution in [2.24, 2.45) is 0 Å². The largest absolute Gasteiger partial charge is 0.497 e. The zero-order chi connectivity index (χ0) is 25.9. The zero-order valence-electron chi connectivity index (χ0n) is 20.0. The van der Waals surface area contributed by atoms with Crippen LogP contribution in [0.3, 0.4) is 0 Å². The van der Waals surface area contributed by atoms with Gasteiger partial charge in [0.1, 0.15) is 28.6 Å². The number of rotatable bonds is 6. The maximum absolute atomic E-state index is 13.3. The second-order valence-electron chi connectivity index (χ2n) is 8.31. The summed E-state index contributed by atoms with van der Waals surface area (Å²) in [7, 11) is 1.60. The van der Waals surface area contributed by atoms with E-state index in [0.717, 1.165) is 10.9 Å². The van der Waals surface area contributed by atoms with Crippen molar-refractivity contribution in [1.82, 2.24) is 9.97 Å². The number of nitrogens with zero attached hydrogens (tertiary/aromatic N) is 1. The topological polar surface area (TPSA) is 93.3 Å². The highest BCUT2D eigenvalue weighted by atomic mass is 19.1. The number of ether oxygens (including phenoxy) is 2. The van der Waals surface area contributed by atoms with Crippen LogP contribution in [0.1, 0.15) is 16.1 Å². The standard InChI is InChI=1S/C29H22FN3O4/c1-17-27(18-3-5-19(30)6-4-18)28(34)24(16-32-17)29(35)33-20-7-9-21(10-8-20)37-26-13-14-31-25-15-22(36-2)11-12-23(25)26/h3-16H,1-2H3,(H,32,34)(H,33,35). The van der Waals surface area contributed by atoms with E-state index in [1.54, 1.807) is 50.6 Å². The van der Waals surface area contributed by atoms with Gasteiger partial charge in [0.15, 0.2) is 0 Å². The van der Waals surface area contributed by atoms with Crippen molar-refractivity contribution in [3.8, 4) is 28.4 Å². The summed E-state index contributed by atoms with van der Waals surface area (Å²) in [6.45, 7) is 1.73. The highest BCUT2D eigenvalue weighted by Gasteiger charge is 2.17. The third kappa shape index (κ3) is 4.90. The predicted octanol–water partition coefficient (Wildman–Crippen LogP) is 6.09. The van der Waals surface area contributed by atoms with Gasteiger partial charge in [-0.1, -0.05) is 12.1 Å². The molecule has 2 heterocycles. The number of hydrogen-bond donors (Lipinski definition) is 2. The molecule has 0 saturated carbocycles. The molecule has 0 spiro atoms. The van der Waals surface area contributed by atoms with E-state index in [4.69, 9.17) is 9.47 Å². The summed E-state index contributed by atoms with van der Waals surface area (Å²) < 4.78 is 24.6. The molecule has 0 radical (unpaired) electrons. The molecule has 0 aliphatic carbocycles. The highest BCUT2D eigenvalue weighted by molar-refractivity contribution is 6.04. The third-order valence-corrected chi connectivity index (χ3v) is 5.91. The monoisotopic (exact) mass is 495 g/mol. The fraction of sp³-hybridized carbons (Fsp3) is 0.0690. The van der Waals surface area contributed by atoms with Crippen molar-refractivity contribution in [3.63, 3.8) is 0 Å². The lowest BCUT2D eigenvalue weighted by molar-refractivity contribution is 0.102. The van der Waals surface area contributed by atoms with Gasteiger partial charge in [-0.15, -0.1) is 0 Å². The average molecular weight is 496 g/mol. The van der Waals surface area contributed by atoms with E-state index in [0.29, 0.717) is 39.8 Å². The number of halogens is 1. The minimum atomic E-state index is -0.563. The van der Waals surface area contributed by atoms with E-state index < -0.39 is 17.2 Å². The van der Waals surface area contributed by atoms with E-state index in [1.165, 1.54) is 30.5 Å². The van der Waals surface area contributed by atoms with Gasteiger partial charge < -0.3 is 19.8 Å². The van der Waals surface area contributed by atoms with Crippen molar-refractivity contribution in [3.05, 3.63) is 112 Å². The summed E-state index contributed by atoms with van der Waals surface area (Å²) in [5.74, 6) is 0.926. The molecule has 0 unspecified atom stereocenters. The number of carbonyl (C=O) groups excluding carboxylic acids is 1. The fourth-order valence-electron chi connectivity index (χ4n) is 4.01. The summed E-state index contributed by atoms with van der Waals surface area (Å²) in [6, 6.07) is 19.7. The summed E-state index contributed by atoms with van der Waals surface area (Å²) >= 11 is 0. The second kappa shape index (κ2) is 9.94. The van der Waals surface area contributed by atoms with E-state index >= 15 is 0 Å². The van der Waals surface area contributed by atoms with Crippen molar-refractivity contribution in [1.29, 1.82) is 0 Å². The van der Waals surface area contributed by atoms with Crippen molar-refractivity contribution in [2.75, 3.05) is 12.4 Å². The van der Waals surface area contributed by atoms with Gasteiger partial charge in [-0.05, 0) is 67.1 Å². The molecule has 0 bridgehead atoms. The number of aromatic amines is 1. The molecular formula is C29H22FN3O4. The SMILES string of the molecule is COc1ccc2c(Oc3ccc(NC(=O)c4c[nH]c(C)c(-c5ccc(F)cc5)c4=O)cc3)ccnc2c1. The predicted molar refractivity (Wildman–Crippen MR) is 140 cm³/mol. The molecule has 7 nitrogen and oxygen atoms in total. The van der Waals surface area contributed by atoms with Crippen LogP contribution in [-0.2, 0) is 0 Å². The first-order chi connectivity index (χ1) is 17.9. The molecule has 5 rings (SSSR count). The Bertz CT molecular complexity index is 1660. The molecular weight excluding hydrogens is 473 g/mol. The van der Waals surface area contributed by atoms with Crippen LogP contribution < -0.4 is 20.2 Å². The minimum absolute atomic E-state index is 0.0519. The van der Waals surface area contributed by atoms with Gasteiger partial charge >= 0.3 is 0 Å². The Morgan fingerprint density at radius 1 is 0.973 bits per heavy atom. The van der Waals surface area contributed by atoms with E-state index in [1.807, 2.05) is 18.2 Å². The molecule has 0 fully saturated rings. The number of fused-ring (bicyclic) bond motifs is 1. The maximum atomic E-state index is 13.3. The molecule has 3 aromatic carbocycles. The van der Waals surface area contributed by atoms with Gasteiger partial charge in [-0.2, -0.15) is 0 Å². The first kappa shape index (κ1) is 23.7. The molecule has 0 atom stereocenters. The maximum Gasteiger partial charge on any atom is 0.261 e. The van der Waals surface area contributed by atoms with Gasteiger partial charge in [0.25, 0.3) is 5.91 Å². The first-order valence-electron chi connectivity index (χ1n) is 11.4. The van der Waals surface area contributed by atoms with Crippen LogP contribution in [-0.4, -0.2) is 23.0 Å². The quantitative estimate of drug-likeness (QED) is 0.297. The Balaban J connectivity index is 1.35. The van der Waals surface area contributed by atoms with Crippen LogP contribution in [0.15, 0.2) is 90.0 Å². The van der Waals surface area contributed by atoms with Crippen LogP contribution in [0.4, 0.5) is 10.1 Å². The third-order valence-electron chi connectivity index (χ3n) is 5.91. The number of methoxy groups -OCH3 is 1. The van der Waals surface area contributed by atoms with Crippen LogP contribution in [0.2, 0.25) is 0 Å². The molecule has 184 valence electrons. The van der Waals surface area contributed by atoms with Crippen molar-refractivity contribution >= 4 is 22.5 Å². The van der Waals surface area contributed by atoms with Gasteiger partial charge in [0.2, 0.25) is 5.43 Å². The lowest BCUT2D eigenvalue weighted by Crippen LogP contribution is -2.23. The Morgan fingerprint density at radius 2 is 1.70 bits per heavy atom. The number of nitrogens with one attached hydrogen (secondary N) is 2. The normalized spacial score (nSPS) is 10.8. The van der Waals surface area contributed by atoms with Crippen LogP contribution in [0.5, 0.6) is 17.2 Å². The zero-order valence-corrected chi connectivity index (χ0v) is 20.0. The van der Waals surface area contributed by atoms with Gasteiger partial charge in [-0.25, -0.2) is 4.39 Å². The number of amides is 1. The van der Waals surface area contributed by atoms with Gasteiger partial charge in [0.05, 0.1) is 12.6 Å². The van der Waals surface area contributed by atoms with Gasteiger partial charge in [0, 0.05) is 40.8 Å². The van der Waals surface area contributed by atoms with Crippen molar-refractivity contribution < 1.29 is 18.7 Å². The number of aryl methyl sites for hydroxylation is 1. The van der Waals surface area contributed by atoms with E-state index in [9.17, 15) is 14.0 Å². The Kier molecular flexibility index (Phi) is 6.38. The first-order valence-corrected chi connectivity index (χ1v) is 11.4. The molecule has 0 aliphatic rings. The highest BCUT2D eigenvalue weighted by Crippen LogP contribution is 2.31. The summed E-state index contributed by atoms with van der Waals surface area (Å²) in [5.41, 5.74) is 2.16. The lowest BCUT2D eigenvalue weighted by atomic mass is 10.0.